The second-order valence-corrected chi connectivity index (χ2v) is 9.04. The average Bonchev–Trinajstić information content (AvgIpc) is 3.15. The SMILES string of the molecule is COC(=O)[C@@H](CCCCNB(C)O)N1CC[C@@](C)(c2ccc(OCc3ccccc3)cc2)C1=O. The van der Waals surface area contributed by atoms with Crippen molar-refractivity contribution in [2.45, 2.75) is 57.5 Å². The molecule has 1 aliphatic heterocycles. The molecule has 2 aromatic rings. The summed E-state index contributed by atoms with van der Waals surface area (Å²) in [5.41, 5.74) is 1.31. The largest absolute Gasteiger partial charge is 0.489 e. The second kappa shape index (κ2) is 12.0. The average molecular weight is 466 g/mol. The van der Waals surface area contributed by atoms with Gasteiger partial charge in [-0.3, -0.25) is 4.79 Å². The van der Waals surface area contributed by atoms with Crippen LogP contribution >= 0.6 is 0 Å². The summed E-state index contributed by atoms with van der Waals surface area (Å²) in [7, 11) is 0.797. The summed E-state index contributed by atoms with van der Waals surface area (Å²) in [6, 6.07) is 17.0. The lowest BCUT2D eigenvalue weighted by Crippen LogP contribution is -2.46. The molecule has 1 heterocycles. The molecule has 0 unspecified atom stereocenters. The fourth-order valence-electron chi connectivity index (χ4n) is 4.41. The van der Waals surface area contributed by atoms with Gasteiger partial charge in [0.25, 0.3) is 0 Å². The molecule has 1 aliphatic rings. The summed E-state index contributed by atoms with van der Waals surface area (Å²) < 4.78 is 10.9. The molecule has 7 nitrogen and oxygen atoms in total. The van der Waals surface area contributed by atoms with E-state index in [1.165, 1.54) is 7.11 Å². The van der Waals surface area contributed by atoms with Crippen LogP contribution in [0.15, 0.2) is 54.6 Å². The Bertz CT molecular complexity index is 938. The highest BCUT2D eigenvalue weighted by Crippen LogP contribution is 2.38. The van der Waals surface area contributed by atoms with Gasteiger partial charge in [-0.2, -0.15) is 0 Å². The zero-order valence-electron chi connectivity index (χ0n) is 20.3. The number of hydrogen-bond donors (Lipinski definition) is 2. The molecule has 8 heteroatoms. The Morgan fingerprint density at radius 1 is 1.18 bits per heavy atom. The molecule has 0 radical (unpaired) electrons. The third-order valence-electron chi connectivity index (χ3n) is 6.52. The molecule has 182 valence electrons. The van der Waals surface area contributed by atoms with Crippen molar-refractivity contribution in [1.29, 1.82) is 0 Å². The smallest absolute Gasteiger partial charge is 0.373 e. The maximum Gasteiger partial charge on any atom is 0.373 e. The minimum atomic E-state index is -0.696. The van der Waals surface area contributed by atoms with E-state index >= 15 is 0 Å². The number of methoxy groups -OCH3 is 1. The fraction of sp³-hybridized carbons (Fsp3) is 0.462. The summed E-state index contributed by atoms with van der Waals surface area (Å²) in [5.74, 6) is 0.311. The van der Waals surface area contributed by atoms with Gasteiger partial charge in [0.1, 0.15) is 18.4 Å². The first kappa shape index (κ1) is 25.8. The second-order valence-electron chi connectivity index (χ2n) is 9.04. The molecule has 2 atom stereocenters. The molecule has 0 aliphatic carbocycles. The number of carbonyl (C=O) groups is 2. The van der Waals surface area contributed by atoms with Crippen LogP contribution in [0.2, 0.25) is 6.82 Å². The first-order chi connectivity index (χ1) is 16.3. The van der Waals surface area contributed by atoms with Crippen molar-refractivity contribution < 1.29 is 24.1 Å². The molecule has 1 saturated heterocycles. The van der Waals surface area contributed by atoms with Crippen LogP contribution in [-0.4, -0.2) is 55.1 Å². The van der Waals surface area contributed by atoms with Crippen LogP contribution in [0.3, 0.4) is 0 Å². The summed E-state index contributed by atoms with van der Waals surface area (Å²) in [4.78, 5) is 27.7. The topological polar surface area (TPSA) is 88.1 Å². The molecule has 0 bridgehead atoms. The number of unbranched alkanes of at least 4 members (excludes halogenated alkanes) is 1. The minimum Gasteiger partial charge on any atom is -0.489 e. The van der Waals surface area contributed by atoms with Gasteiger partial charge in [0.05, 0.1) is 12.5 Å². The molecule has 1 fully saturated rings. The van der Waals surface area contributed by atoms with Gasteiger partial charge in [-0.15, -0.1) is 0 Å². The standard InChI is InChI=1S/C26H35BN2O5/c1-26(21-12-14-22(15-13-21)34-19-20-9-5-4-6-10-20)16-18-29(25(26)31)23(24(30)33-3)11-7-8-17-28-27(2)32/h4-6,9-10,12-15,23,28,32H,7-8,11,16-19H2,1-3H3/t23-,26+/m1/s1. The number of rotatable bonds is 12. The van der Waals surface area contributed by atoms with Crippen LogP contribution in [0.5, 0.6) is 5.75 Å². The van der Waals surface area contributed by atoms with Gasteiger partial charge in [0.2, 0.25) is 5.91 Å². The summed E-state index contributed by atoms with van der Waals surface area (Å²) >= 11 is 0. The number of amides is 1. The fourth-order valence-corrected chi connectivity index (χ4v) is 4.41. The predicted molar refractivity (Wildman–Crippen MR) is 132 cm³/mol. The normalized spacial score (nSPS) is 18.6. The van der Waals surface area contributed by atoms with E-state index in [9.17, 15) is 14.6 Å². The number of benzene rings is 2. The van der Waals surface area contributed by atoms with Gasteiger partial charge in [-0.1, -0.05) is 42.5 Å². The van der Waals surface area contributed by atoms with Crippen molar-refractivity contribution >= 4 is 18.9 Å². The van der Waals surface area contributed by atoms with E-state index in [0.717, 1.165) is 29.7 Å². The number of nitrogens with zero attached hydrogens (tertiary/aromatic N) is 1. The van der Waals surface area contributed by atoms with E-state index in [4.69, 9.17) is 9.47 Å². The highest BCUT2D eigenvalue weighted by atomic mass is 16.5. The number of esters is 1. The number of nitrogens with one attached hydrogen (secondary N) is 1. The molecule has 0 aromatic heterocycles. The summed E-state index contributed by atoms with van der Waals surface area (Å²) in [6.45, 7) is 5.25. The lowest BCUT2D eigenvalue weighted by Gasteiger charge is -2.29. The Morgan fingerprint density at radius 3 is 2.53 bits per heavy atom. The number of ether oxygens (including phenoxy) is 2. The first-order valence-corrected chi connectivity index (χ1v) is 11.9. The van der Waals surface area contributed by atoms with Gasteiger partial charge < -0.3 is 24.6 Å². The molecule has 3 rings (SSSR count). The maximum absolute atomic E-state index is 13.5. The number of carbonyl (C=O) groups excluding carboxylic acids is 2. The molecule has 0 spiro atoms. The first-order valence-electron chi connectivity index (χ1n) is 11.9. The van der Waals surface area contributed by atoms with Gasteiger partial charge in [-0.25, -0.2) is 4.79 Å². The van der Waals surface area contributed by atoms with Crippen LogP contribution < -0.4 is 9.96 Å². The van der Waals surface area contributed by atoms with E-state index in [1.54, 1.807) is 11.7 Å². The Labute approximate surface area is 202 Å². The van der Waals surface area contributed by atoms with E-state index in [1.807, 2.05) is 61.5 Å². The van der Waals surface area contributed by atoms with Gasteiger partial charge in [0, 0.05) is 6.54 Å². The van der Waals surface area contributed by atoms with Gasteiger partial charge in [0.15, 0.2) is 0 Å². The van der Waals surface area contributed by atoms with Gasteiger partial charge in [-0.05, 0) is 69.2 Å². The van der Waals surface area contributed by atoms with Crippen molar-refractivity contribution in [3.8, 4) is 5.75 Å². The third-order valence-corrected chi connectivity index (χ3v) is 6.52. The highest BCUT2D eigenvalue weighted by Gasteiger charge is 2.47. The Hall–Kier alpha value is -2.84. The lowest BCUT2D eigenvalue weighted by atomic mass is 9.81. The van der Waals surface area contributed by atoms with Crippen molar-refractivity contribution in [2.24, 2.45) is 0 Å². The van der Waals surface area contributed by atoms with E-state index in [-0.39, 0.29) is 11.9 Å². The third kappa shape index (κ3) is 6.39. The van der Waals surface area contributed by atoms with Crippen LogP contribution in [-0.2, 0) is 26.3 Å². The predicted octanol–water partition coefficient (Wildman–Crippen LogP) is 3.17. The van der Waals surface area contributed by atoms with E-state index in [0.29, 0.717) is 32.5 Å². The van der Waals surface area contributed by atoms with Crippen molar-refractivity contribution in [2.75, 3.05) is 20.2 Å². The highest BCUT2D eigenvalue weighted by molar-refractivity contribution is 6.45. The Balaban J connectivity index is 1.63. The number of likely N-dealkylation sites (tertiary alicyclic amines) is 1. The molecule has 34 heavy (non-hydrogen) atoms. The van der Waals surface area contributed by atoms with Crippen LogP contribution in [0.1, 0.15) is 43.7 Å². The van der Waals surface area contributed by atoms with Crippen LogP contribution in [0.4, 0.5) is 0 Å². The Kier molecular flexibility index (Phi) is 9.13. The lowest BCUT2D eigenvalue weighted by molar-refractivity contribution is -0.152. The molecule has 2 N–H and O–H groups in total. The number of hydrogen-bond acceptors (Lipinski definition) is 6. The summed E-state index contributed by atoms with van der Waals surface area (Å²) in [6.07, 6.45) is 2.70. The van der Waals surface area contributed by atoms with E-state index < -0.39 is 18.5 Å². The summed E-state index contributed by atoms with van der Waals surface area (Å²) in [5, 5.41) is 12.3. The van der Waals surface area contributed by atoms with Crippen molar-refractivity contribution in [3.63, 3.8) is 0 Å². The van der Waals surface area contributed by atoms with Crippen molar-refractivity contribution in [1.82, 2.24) is 10.1 Å². The van der Waals surface area contributed by atoms with Crippen molar-refractivity contribution in [3.05, 3.63) is 65.7 Å². The zero-order valence-corrected chi connectivity index (χ0v) is 20.3. The molecule has 2 aromatic carbocycles. The minimum absolute atomic E-state index is 0.0528. The monoisotopic (exact) mass is 466 g/mol. The quantitative estimate of drug-likeness (QED) is 0.284. The molecular weight excluding hydrogens is 431 g/mol. The van der Waals surface area contributed by atoms with Crippen LogP contribution in [0, 0.1) is 0 Å². The van der Waals surface area contributed by atoms with Crippen LogP contribution in [0.25, 0.3) is 0 Å². The Morgan fingerprint density at radius 2 is 1.88 bits per heavy atom. The molecular formula is C26H35BN2O5. The van der Waals surface area contributed by atoms with E-state index in [2.05, 4.69) is 5.23 Å². The zero-order chi connectivity index (χ0) is 24.6. The maximum atomic E-state index is 13.5. The molecule has 0 saturated carbocycles. The van der Waals surface area contributed by atoms with Gasteiger partial charge >= 0.3 is 13.0 Å². The molecule has 1 amide bonds.